The van der Waals surface area contributed by atoms with Crippen molar-refractivity contribution in [3.05, 3.63) is 99.3 Å². The highest BCUT2D eigenvalue weighted by Gasteiger charge is 2.64. The Labute approximate surface area is 387 Å². The summed E-state index contributed by atoms with van der Waals surface area (Å²) < 4.78 is 75.4. The second kappa shape index (κ2) is 20.2. The van der Waals surface area contributed by atoms with Gasteiger partial charge < -0.3 is 39.7 Å². The van der Waals surface area contributed by atoms with Crippen molar-refractivity contribution in [2.24, 2.45) is 0 Å². The number of hydrogen-bond acceptors (Lipinski definition) is 22. The molecule has 0 spiro atoms. The van der Waals surface area contributed by atoms with Crippen molar-refractivity contribution in [2.75, 3.05) is 19.8 Å². The SMILES string of the molecule is C#C[C@@]1(O)[C@@H]2OP(=O)(OC(C)C)OC[C@H]2O[C@H]1n1ccc(=O)[nH]c1=O.C#C[C@@]1(O)[C@@H]2OP(=O)(OC(C)C)OC[C@H]2O[C@H]1n1ccc(=O)[nH]c1=O.C#C[C@@]1(O)[C@H](O)[C@@H](CO)O[C@H]1n1ccc(=O)[nH]c1=O. The zero-order valence-electron chi connectivity index (χ0n) is 36.6. The van der Waals surface area contributed by atoms with Crippen LogP contribution in [-0.2, 0) is 50.5 Å². The molecule has 14 atom stereocenters. The normalized spacial score (nSPS) is 36.7. The fourth-order valence-electron chi connectivity index (χ4n) is 7.42. The van der Waals surface area contributed by atoms with E-state index in [1.807, 2.05) is 20.9 Å². The molecule has 0 amide bonds. The number of terminal acetylenes is 3. The number of fused-ring (bicyclic) bond motifs is 2. The highest BCUT2D eigenvalue weighted by molar-refractivity contribution is 7.48. The average molecular weight is 1010 g/mol. The summed E-state index contributed by atoms with van der Waals surface area (Å²) in [6.07, 6.45) is 7.40. The first-order valence-corrected chi connectivity index (χ1v) is 23.3. The van der Waals surface area contributed by atoms with Crippen molar-refractivity contribution in [1.82, 2.24) is 28.7 Å². The Morgan fingerprint density at radius 3 is 1.28 bits per heavy atom. The third-order valence-corrected chi connectivity index (χ3v) is 13.8. The van der Waals surface area contributed by atoms with Crippen LogP contribution in [0.5, 0.6) is 0 Å². The summed E-state index contributed by atoms with van der Waals surface area (Å²) in [6.45, 7) is 5.54. The maximum Gasteiger partial charge on any atom is 0.475 e. The number of aromatic nitrogens is 6. The maximum atomic E-state index is 12.5. The first-order chi connectivity index (χ1) is 32.3. The summed E-state index contributed by atoms with van der Waals surface area (Å²) >= 11 is 0. The molecular weight excluding hydrogens is 966 g/mol. The molecule has 5 aliphatic heterocycles. The van der Waals surface area contributed by atoms with E-state index >= 15 is 0 Å². The van der Waals surface area contributed by atoms with Crippen molar-refractivity contribution < 1.29 is 76.0 Å². The summed E-state index contributed by atoms with van der Waals surface area (Å²) in [5, 5.41) is 50.9. The molecule has 5 saturated heterocycles. The predicted octanol–water partition coefficient (Wildman–Crippen LogP) is -3.35. The van der Waals surface area contributed by atoms with Crippen LogP contribution in [-0.4, -0.2) is 140 Å². The number of phosphoric ester groups is 2. The molecule has 3 aromatic rings. The van der Waals surface area contributed by atoms with Gasteiger partial charge in [-0.25, -0.2) is 23.5 Å². The van der Waals surface area contributed by atoms with Crippen LogP contribution in [0.3, 0.4) is 0 Å². The monoisotopic (exact) mass is 1010 g/mol. The molecule has 0 aliphatic carbocycles. The lowest BCUT2D eigenvalue weighted by molar-refractivity contribution is -0.0764. The highest BCUT2D eigenvalue weighted by Crippen LogP contribution is 2.60. The molecule has 8 N–H and O–H groups in total. The van der Waals surface area contributed by atoms with Crippen LogP contribution in [0.4, 0.5) is 0 Å². The van der Waals surface area contributed by atoms with Crippen LogP contribution in [0.1, 0.15) is 46.4 Å². The first kappa shape index (κ1) is 53.0. The number of aliphatic hydroxyl groups is 5. The molecular formula is C39H46N6O22P2. The van der Waals surface area contributed by atoms with Crippen molar-refractivity contribution in [1.29, 1.82) is 0 Å². The van der Waals surface area contributed by atoms with Crippen LogP contribution in [0.25, 0.3) is 0 Å². The molecule has 8 rings (SSSR count). The van der Waals surface area contributed by atoms with E-state index in [-0.39, 0.29) is 13.2 Å². The molecule has 0 bridgehead atoms. The van der Waals surface area contributed by atoms with E-state index in [1.165, 1.54) is 0 Å². The fraction of sp³-hybridized carbons (Fsp3) is 0.538. The number of H-pyrrole nitrogens is 3. The van der Waals surface area contributed by atoms with Gasteiger partial charge in [-0.3, -0.25) is 70.2 Å². The van der Waals surface area contributed by atoms with E-state index in [0.29, 0.717) is 0 Å². The Bertz CT molecular complexity index is 2860. The Morgan fingerprint density at radius 2 is 0.986 bits per heavy atom. The van der Waals surface area contributed by atoms with Gasteiger partial charge in [0, 0.05) is 36.8 Å². The molecule has 0 aromatic carbocycles. The number of nitrogens with one attached hydrogen (secondary N) is 3. The van der Waals surface area contributed by atoms with Gasteiger partial charge in [0.05, 0.1) is 32.0 Å². The van der Waals surface area contributed by atoms with Crippen molar-refractivity contribution in [3.63, 3.8) is 0 Å². The largest absolute Gasteiger partial charge is 0.475 e. The molecule has 0 radical (unpaired) electrons. The van der Waals surface area contributed by atoms with E-state index in [0.717, 1.165) is 50.5 Å². The number of aliphatic hydroxyl groups excluding tert-OH is 2. The first-order valence-electron chi connectivity index (χ1n) is 20.3. The second-order valence-corrected chi connectivity index (χ2v) is 19.2. The third kappa shape index (κ3) is 10.4. The quantitative estimate of drug-likeness (QED) is 0.0807. The molecule has 5 fully saturated rings. The van der Waals surface area contributed by atoms with Gasteiger partial charge in [0.15, 0.2) is 35.5 Å². The van der Waals surface area contributed by atoms with E-state index in [9.17, 15) is 58.3 Å². The molecule has 2 unspecified atom stereocenters. The third-order valence-electron chi connectivity index (χ3n) is 10.5. The van der Waals surface area contributed by atoms with Gasteiger partial charge in [-0.05, 0) is 27.7 Å². The minimum atomic E-state index is -3.95. The average Bonchev–Trinajstić information content (AvgIpc) is 3.83. The van der Waals surface area contributed by atoms with Crippen LogP contribution in [0.2, 0.25) is 0 Å². The smallest absolute Gasteiger partial charge is 0.394 e. The van der Waals surface area contributed by atoms with Gasteiger partial charge in [-0.2, -0.15) is 0 Å². The molecule has 374 valence electrons. The summed E-state index contributed by atoms with van der Waals surface area (Å²) in [5.74, 6) is 6.25. The zero-order chi connectivity index (χ0) is 51.0. The molecule has 69 heavy (non-hydrogen) atoms. The lowest BCUT2D eigenvalue weighted by atomic mass is 9.95. The van der Waals surface area contributed by atoms with Crippen LogP contribution in [0.15, 0.2) is 65.6 Å². The van der Waals surface area contributed by atoms with Gasteiger partial charge in [-0.1, -0.05) is 17.8 Å². The zero-order valence-corrected chi connectivity index (χ0v) is 38.4. The standard InChI is InChI=1S/2C14H17N2O8P.C11H12N2O6/c2*1-4-14(19)11-9(7-21-25(20,24-11)23-8(2)3)22-12(14)16-6-5-10(17)15-13(16)18;1-2-11(18)8(16)6(5-14)19-9(11)13-4-3-7(15)12-10(13)17/h2*1,5-6,8-9,11-12,19H,7H2,2-3H3,(H,15,17,18);1,3-4,6,8-9,14,16,18H,5H2,(H,12,15,17)/t2*9-,11-,12-,14-,25?;6-,8-,9-,11-/m111/s1. The van der Waals surface area contributed by atoms with E-state index < -0.39 is 140 Å². The summed E-state index contributed by atoms with van der Waals surface area (Å²) in [6, 6.07) is 3.20. The molecule has 5 aliphatic rings. The summed E-state index contributed by atoms with van der Waals surface area (Å²) in [4.78, 5) is 75.1. The number of nitrogens with zero attached hydrogens (tertiary/aromatic N) is 3. The highest BCUT2D eigenvalue weighted by atomic mass is 31.2. The van der Waals surface area contributed by atoms with E-state index in [2.05, 4.69) is 11.8 Å². The summed E-state index contributed by atoms with van der Waals surface area (Å²) in [5.41, 5.74) is -10.8. The van der Waals surface area contributed by atoms with Gasteiger partial charge >= 0.3 is 32.7 Å². The topological polar surface area (TPSA) is 383 Å². The lowest BCUT2D eigenvalue weighted by Crippen LogP contribution is -2.50. The molecule has 28 nitrogen and oxygen atoms in total. The Kier molecular flexibility index (Phi) is 15.5. The molecule has 8 heterocycles. The van der Waals surface area contributed by atoms with Crippen LogP contribution in [0, 0.1) is 37.0 Å². The Hall–Kier alpha value is -5.38. The van der Waals surface area contributed by atoms with Gasteiger partial charge in [0.25, 0.3) is 16.7 Å². The predicted molar refractivity (Wildman–Crippen MR) is 229 cm³/mol. The van der Waals surface area contributed by atoms with Gasteiger partial charge in [-0.15, -0.1) is 19.3 Å². The van der Waals surface area contributed by atoms with Crippen molar-refractivity contribution >= 4 is 15.6 Å². The number of hydrogen-bond donors (Lipinski definition) is 8. The molecule has 0 saturated carbocycles. The maximum absolute atomic E-state index is 12.5. The number of ether oxygens (including phenoxy) is 3. The minimum Gasteiger partial charge on any atom is -0.394 e. The van der Waals surface area contributed by atoms with Gasteiger partial charge in [0.2, 0.25) is 0 Å². The van der Waals surface area contributed by atoms with Crippen LogP contribution >= 0.6 is 15.6 Å². The van der Waals surface area contributed by atoms with E-state index in [1.54, 1.807) is 27.7 Å². The van der Waals surface area contributed by atoms with Crippen molar-refractivity contribution in [2.45, 2.75) is 112 Å². The number of rotatable bonds is 8. The fourth-order valence-corrected chi connectivity index (χ4v) is 10.6. The van der Waals surface area contributed by atoms with E-state index in [4.69, 9.17) is 65.7 Å². The number of aromatic amines is 3. The summed E-state index contributed by atoms with van der Waals surface area (Å²) in [7, 11) is -7.90. The lowest BCUT2D eigenvalue weighted by Gasteiger charge is -2.34. The van der Waals surface area contributed by atoms with Crippen molar-refractivity contribution in [3.8, 4) is 37.0 Å². The van der Waals surface area contributed by atoms with Gasteiger partial charge in [0.1, 0.15) is 36.6 Å². The number of phosphoric acid groups is 2. The minimum absolute atomic E-state index is 0.215. The Balaban J connectivity index is 0.000000172. The molecule has 30 heteroatoms. The molecule has 3 aromatic heterocycles. The second-order valence-electron chi connectivity index (χ2n) is 16.0. The van der Waals surface area contributed by atoms with Crippen LogP contribution < -0.4 is 33.7 Å². The Morgan fingerprint density at radius 1 is 0.652 bits per heavy atom.